The molecule has 0 bridgehead atoms. The first-order valence-corrected chi connectivity index (χ1v) is 10.3. The van der Waals surface area contributed by atoms with Gasteiger partial charge in [-0.1, -0.05) is 58.9 Å². The van der Waals surface area contributed by atoms with E-state index < -0.39 is 0 Å². The van der Waals surface area contributed by atoms with Gasteiger partial charge in [-0.3, -0.25) is 0 Å². The minimum Gasteiger partial charge on any atom is -0.504 e. The van der Waals surface area contributed by atoms with Crippen molar-refractivity contribution in [3.8, 4) is 11.5 Å². The van der Waals surface area contributed by atoms with E-state index in [0.717, 1.165) is 24.8 Å². The Morgan fingerprint density at radius 3 is 2.35 bits per heavy atom. The molecule has 148 valence electrons. The zero-order valence-corrected chi connectivity index (χ0v) is 16.9. The third kappa shape index (κ3) is 5.62. The highest BCUT2D eigenvalue weighted by molar-refractivity contribution is 5.42. The summed E-state index contributed by atoms with van der Waals surface area (Å²) in [5, 5.41) is 9.90. The summed E-state index contributed by atoms with van der Waals surface area (Å²) < 4.78 is 18.0. The highest BCUT2D eigenvalue weighted by Crippen LogP contribution is 2.41. The van der Waals surface area contributed by atoms with Crippen LogP contribution in [-0.4, -0.2) is 24.6 Å². The van der Waals surface area contributed by atoms with Crippen LogP contribution in [0.4, 0.5) is 0 Å². The molecule has 0 spiro atoms. The molecule has 0 unspecified atom stereocenters. The Labute approximate surface area is 158 Å². The molecule has 26 heavy (non-hydrogen) atoms. The van der Waals surface area contributed by atoms with Crippen molar-refractivity contribution in [2.24, 2.45) is 5.92 Å². The van der Waals surface area contributed by atoms with Crippen molar-refractivity contribution in [2.45, 2.75) is 90.6 Å². The standard InChI is InChI=1S/C22H36O4/c1-5-7-9-11-19-16(3)22(26-21(25-19)12-10-8-6-2)17-13-14-18(23)20(15-17)24-4/h13-16,19,21-23H,5-12H2,1-4H3/t16-,19-,21-,22-/m1/s1. The maximum absolute atomic E-state index is 9.90. The van der Waals surface area contributed by atoms with Crippen molar-refractivity contribution in [1.29, 1.82) is 0 Å². The molecule has 4 heteroatoms. The molecule has 1 aromatic rings. The fraction of sp³-hybridized carbons (Fsp3) is 0.727. The fourth-order valence-corrected chi connectivity index (χ4v) is 3.71. The molecular formula is C22H36O4. The summed E-state index contributed by atoms with van der Waals surface area (Å²) in [7, 11) is 1.58. The number of hydrogen-bond donors (Lipinski definition) is 1. The lowest BCUT2D eigenvalue weighted by Crippen LogP contribution is -2.40. The van der Waals surface area contributed by atoms with E-state index in [1.165, 1.54) is 32.1 Å². The van der Waals surface area contributed by atoms with Crippen molar-refractivity contribution < 1.29 is 19.3 Å². The van der Waals surface area contributed by atoms with Gasteiger partial charge in [-0.15, -0.1) is 0 Å². The molecule has 0 saturated carbocycles. The van der Waals surface area contributed by atoms with Crippen LogP contribution in [0.2, 0.25) is 0 Å². The van der Waals surface area contributed by atoms with Crippen molar-refractivity contribution in [1.82, 2.24) is 0 Å². The maximum Gasteiger partial charge on any atom is 0.160 e. The minimum absolute atomic E-state index is 0.0310. The highest BCUT2D eigenvalue weighted by Gasteiger charge is 2.37. The van der Waals surface area contributed by atoms with Gasteiger partial charge in [0, 0.05) is 5.92 Å². The lowest BCUT2D eigenvalue weighted by atomic mass is 9.88. The summed E-state index contributed by atoms with van der Waals surface area (Å²) >= 11 is 0. The second kappa shape index (κ2) is 10.8. The summed E-state index contributed by atoms with van der Waals surface area (Å²) in [5.41, 5.74) is 1.05. The number of phenols is 1. The van der Waals surface area contributed by atoms with Gasteiger partial charge >= 0.3 is 0 Å². The van der Waals surface area contributed by atoms with Crippen LogP contribution in [0.25, 0.3) is 0 Å². The molecule has 1 saturated heterocycles. The minimum atomic E-state index is -0.144. The van der Waals surface area contributed by atoms with Gasteiger partial charge in [0.2, 0.25) is 0 Å². The Balaban J connectivity index is 2.15. The summed E-state index contributed by atoms with van der Waals surface area (Å²) in [4.78, 5) is 0. The van der Waals surface area contributed by atoms with Crippen LogP contribution >= 0.6 is 0 Å². The van der Waals surface area contributed by atoms with Crippen molar-refractivity contribution in [3.05, 3.63) is 23.8 Å². The predicted molar refractivity (Wildman–Crippen MR) is 105 cm³/mol. The highest BCUT2D eigenvalue weighted by atomic mass is 16.7. The average molecular weight is 365 g/mol. The number of rotatable bonds is 10. The van der Waals surface area contributed by atoms with Crippen molar-refractivity contribution in [3.63, 3.8) is 0 Å². The lowest BCUT2D eigenvalue weighted by molar-refractivity contribution is -0.272. The number of ether oxygens (including phenoxy) is 3. The van der Waals surface area contributed by atoms with Gasteiger partial charge in [0.15, 0.2) is 17.8 Å². The number of unbranched alkanes of at least 4 members (excludes halogenated alkanes) is 4. The molecule has 4 nitrogen and oxygen atoms in total. The lowest BCUT2D eigenvalue weighted by Gasteiger charge is -2.41. The Morgan fingerprint density at radius 2 is 1.69 bits per heavy atom. The van der Waals surface area contributed by atoms with Gasteiger partial charge in [0.25, 0.3) is 0 Å². The van der Waals surface area contributed by atoms with Gasteiger partial charge in [0.05, 0.1) is 19.3 Å². The molecule has 4 atom stereocenters. The number of benzene rings is 1. The molecule has 0 aliphatic carbocycles. The molecule has 1 N–H and O–H groups in total. The van der Waals surface area contributed by atoms with Gasteiger partial charge in [0.1, 0.15) is 0 Å². The molecule has 0 radical (unpaired) electrons. The smallest absolute Gasteiger partial charge is 0.160 e. The Kier molecular flexibility index (Phi) is 8.73. The summed E-state index contributed by atoms with van der Waals surface area (Å²) in [6.45, 7) is 6.65. The Hall–Kier alpha value is -1.26. The summed E-state index contributed by atoms with van der Waals surface area (Å²) in [6, 6.07) is 5.53. The van der Waals surface area contributed by atoms with E-state index in [1.54, 1.807) is 13.2 Å². The van der Waals surface area contributed by atoms with Crippen molar-refractivity contribution in [2.75, 3.05) is 7.11 Å². The van der Waals surface area contributed by atoms with E-state index in [9.17, 15) is 5.11 Å². The monoisotopic (exact) mass is 364 g/mol. The molecular weight excluding hydrogens is 328 g/mol. The zero-order valence-electron chi connectivity index (χ0n) is 16.9. The third-order valence-electron chi connectivity index (χ3n) is 5.36. The van der Waals surface area contributed by atoms with Gasteiger partial charge in [-0.05, 0) is 37.0 Å². The third-order valence-corrected chi connectivity index (χ3v) is 5.36. The van der Waals surface area contributed by atoms with E-state index in [4.69, 9.17) is 14.2 Å². The predicted octanol–water partition coefficient (Wildman–Crippen LogP) is 5.98. The van der Waals surface area contributed by atoms with Crippen LogP contribution in [-0.2, 0) is 9.47 Å². The molecule has 0 amide bonds. The second-order valence-corrected chi connectivity index (χ2v) is 7.44. The van der Waals surface area contributed by atoms with Gasteiger partial charge < -0.3 is 19.3 Å². The first-order valence-electron chi connectivity index (χ1n) is 10.3. The fourth-order valence-electron chi connectivity index (χ4n) is 3.71. The molecule has 1 aromatic carbocycles. The first kappa shape index (κ1) is 21.0. The molecule has 1 aliphatic heterocycles. The van der Waals surface area contributed by atoms with Crippen LogP contribution in [0.1, 0.15) is 83.8 Å². The molecule has 1 aliphatic rings. The van der Waals surface area contributed by atoms with E-state index in [2.05, 4.69) is 20.8 Å². The molecule has 1 heterocycles. The van der Waals surface area contributed by atoms with Crippen LogP contribution in [0, 0.1) is 5.92 Å². The quantitative estimate of drug-likeness (QED) is 0.519. The van der Waals surface area contributed by atoms with Crippen LogP contribution < -0.4 is 4.74 Å². The van der Waals surface area contributed by atoms with E-state index in [1.807, 2.05) is 12.1 Å². The van der Waals surface area contributed by atoms with Crippen LogP contribution in [0.5, 0.6) is 11.5 Å². The zero-order chi connectivity index (χ0) is 18.9. The summed E-state index contributed by atoms with van der Waals surface area (Å²) in [5.74, 6) is 0.924. The normalized spacial score (nSPS) is 26.0. The van der Waals surface area contributed by atoms with E-state index in [-0.39, 0.29) is 30.2 Å². The number of hydrogen-bond acceptors (Lipinski definition) is 4. The molecule has 0 aromatic heterocycles. The van der Waals surface area contributed by atoms with Crippen LogP contribution in [0.3, 0.4) is 0 Å². The van der Waals surface area contributed by atoms with Gasteiger partial charge in [-0.25, -0.2) is 0 Å². The van der Waals surface area contributed by atoms with E-state index in [0.29, 0.717) is 5.75 Å². The molecule has 2 rings (SSSR count). The second-order valence-electron chi connectivity index (χ2n) is 7.44. The molecule has 1 fully saturated rings. The Morgan fingerprint density at radius 1 is 1.00 bits per heavy atom. The topological polar surface area (TPSA) is 47.9 Å². The van der Waals surface area contributed by atoms with Gasteiger partial charge in [-0.2, -0.15) is 0 Å². The average Bonchev–Trinajstić information content (AvgIpc) is 2.65. The number of methoxy groups -OCH3 is 1. The maximum atomic E-state index is 9.90. The SMILES string of the molecule is CCCCC[C@@H]1O[C@H](CCCCC)[C@@H](C)[C@H](c2ccc(O)c(OC)c2)O1. The Bertz CT molecular complexity index is 531. The number of phenolic OH excluding ortho intramolecular Hbond substituents is 1. The number of aromatic hydroxyl groups is 1. The summed E-state index contributed by atoms with van der Waals surface area (Å²) in [6.07, 6.45) is 9.24. The van der Waals surface area contributed by atoms with E-state index >= 15 is 0 Å². The first-order chi connectivity index (χ1) is 12.6. The van der Waals surface area contributed by atoms with Crippen LogP contribution in [0.15, 0.2) is 18.2 Å². The van der Waals surface area contributed by atoms with Crippen molar-refractivity contribution >= 4 is 0 Å². The largest absolute Gasteiger partial charge is 0.504 e.